The van der Waals surface area contributed by atoms with Gasteiger partial charge in [-0.3, -0.25) is 0 Å². The number of fused-ring (bicyclic) bond motifs is 1. The Morgan fingerprint density at radius 1 is 1.12 bits per heavy atom. The third kappa shape index (κ3) is 1.71. The Balaban J connectivity index is 2.17. The van der Waals surface area contributed by atoms with Crippen LogP contribution in [-0.4, -0.2) is 19.4 Å². The number of rotatable bonds is 1. The molecule has 3 rings (SSSR count). The molecule has 5 nitrogen and oxygen atoms in total. The fourth-order valence-corrected chi connectivity index (χ4v) is 1.80. The van der Waals surface area contributed by atoms with Crippen LogP contribution in [0.25, 0.3) is 16.9 Å². The lowest BCUT2D eigenvalue weighted by atomic mass is 10.2. The molecule has 0 saturated heterocycles. The van der Waals surface area contributed by atoms with E-state index < -0.39 is 0 Å². The molecule has 0 radical (unpaired) electrons. The first-order valence-electron chi connectivity index (χ1n) is 5.26. The number of aryl methyl sites for hydroxylation is 1. The Bertz CT molecular complexity index is 686. The largest absolute Gasteiger partial charge is 0.368 e. The smallest absolute Gasteiger partial charge is 0.220 e. The van der Waals surface area contributed by atoms with Gasteiger partial charge in [-0.1, -0.05) is 0 Å². The Labute approximate surface area is 98.0 Å². The quantitative estimate of drug-likeness (QED) is 0.684. The molecule has 0 bridgehead atoms. The number of pyridine rings is 1. The van der Waals surface area contributed by atoms with Crippen LogP contribution in [0.2, 0.25) is 0 Å². The molecule has 5 heteroatoms. The van der Waals surface area contributed by atoms with Crippen molar-refractivity contribution in [3.63, 3.8) is 0 Å². The van der Waals surface area contributed by atoms with E-state index in [0.717, 1.165) is 22.6 Å². The predicted octanol–water partition coefficient (Wildman–Crippen LogP) is 1.68. The van der Waals surface area contributed by atoms with Gasteiger partial charge >= 0.3 is 0 Å². The van der Waals surface area contributed by atoms with Crippen molar-refractivity contribution in [2.75, 3.05) is 5.73 Å². The first kappa shape index (κ1) is 9.77. The topological polar surface area (TPSA) is 69.1 Å². The van der Waals surface area contributed by atoms with Gasteiger partial charge in [0.2, 0.25) is 5.95 Å². The maximum Gasteiger partial charge on any atom is 0.220 e. The lowest BCUT2D eigenvalue weighted by molar-refractivity contribution is 1.16. The first-order chi connectivity index (χ1) is 8.22. The van der Waals surface area contributed by atoms with Crippen LogP contribution in [0.3, 0.4) is 0 Å². The lowest BCUT2D eigenvalue weighted by Gasteiger charge is -2.02. The van der Waals surface area contributed by atoms with Gasteiger partial charge in [0.05, 0.1) is 11.4 Å². The number of aromatic nitrogens is 4. The molecule has 17 heavy (non-hydrogen) atoms. The number of hydrogen-bond donors (Lipinski definition) is 1. The van der Waals surface area contributed by atoms with Crippen LogP contribution in [0.1, 0.15) is 5.69 Å². The van der Waals surface area contributed by atoms with Crippen molar-refractivity contribution in [2.24, 2.45) is 0 Å². The molecule has 0 amide bonds. The Morgan fingerprint density at radius 2 is 2.00 bits per heavy atom. The minimum Gasteiger partial charge on any atom is -0.368 e. The molecule has 0 fully saturated rings. The summed E-state index contributed by atoms with van der Waals surface area (Å²) in [4.78, 5) is 12.4. The number of anilines is 1. The fourth-order valence-electron chi connectivity index (χ4n) is 1.80. The molecule has 0 atom stereocenters. The standard InChI is InChI=1S/C12H11N5/c1-8-6-17-7-9(2-3-11(17)15-8)10-4-5-14-12(13)16-10/h2-7H,1H3,(H2,13,14,16). The summed E-state index contributed by atoms with van der Waals surface area (Å²) in [5.74, 6) is 0.282. The van der Waals surface area contributed by atoms with Crippen molar-refractivity contribution in [2.45, 2.75) is 6.92 Å². The third-order valence-corrected chi connectivity index (χ3v) is 2.54. The van der Waals surface area contributed by atoms with E-state index in [1.54, 1.807) is 6.20 Å². The van der Waals surface area contributed by atoms with Gasteiger partial charge < -0.3 is 10.1 Å². The normalized spacial score (nSPS) is 10.9. The maximum absolute atomic E-state index is 5.57. The van der Waals surface area contributed by atoms with Gasteiger partial charge in [-0.25, -0.2) is 15.0 Å². The second-order valence-electron chi connectivity index (χ2n) is 3.87. The zero-order valence-corrected chi connectivity index (χ0v) is 9.33. The minimum atomic E-state index is 0.282. The van der Waals surface area contributed by atoms with Crippen LogP contribution in [0, 0.1) is 6.92 Å². The number of imidazole rings is 1. The van der Waals surface area contributed by atoms with Gasteiger partial charge in [0.25, 0.3) is 0 Å². The molecule has 0 aromatic carbocycles. The van der Waals surface area contributed by atoms with Crippen molar-refractivity contribution in [3.8, 4) is 11.3 Å². The fraction of sp³-hybridized carbons (Fsp3) is 0.0833. The monoisotopic (exact) mass is 225 g/mol. The summed E-state index contributed by atoms with van der Waals surface area (Å²) in [5.41, 5.74) is 9.29. The molecule has 3 heterocycles. The highest BCUT2D eigenvalue weighted by atomic mass is 15.0. The molecule has 3 aromatic heterocycles. The van der Waals surface area contributed by atoms with Crippen molar-refractivity contribution in [1.82, 2.24) is 19.4 Å². The van der Waals surface area contributed by atoms with E-state index in [9.17, 15) is 0 Å². The molecule has 0 unspecified atom stereocenters. The molecule has 3 aromatic rings. The van der Waals surface area contributed by atoms with E-state index in [1.807, 2.05) is 41.9 Å². The SMILES string of the molecule is Cc1cn2cc(-c3ccnc(N)n3)ccc2n1. The van der Waals surface area contributed by atoms with Gasteiger partial charge in [0.1, 0.15) is 5.65 Å². The molecule has 0 saturated carbocycles. The maximum atomic E-state index is 5.57. The summed E-state index contributed by atoms with van der Waals surface area (Å²) < 4.78 is 1.98. The molecule has 0 spiro atoms. The van der Waals surface area contributed by atoms with Crippen molar-refractivity contribution < 1.29 is 0 Å². The van der Waals surface area contributed by atoms with Crippen LogP contribution < -0.4 is 5.73 Å². The van der Waals surface area contributed by atoms with Crippen LogP contribution in [0.4, 0.5) is 5.95 Å². The molecule has 0 aliphatic rings. The lowest BCUT2D eigenvalue weighted by Crippen LogP contribution is -1.95. The summed E-state index contributed by atoms with van der Waals surface area (Å²) >= 11 is 0. The summed E-state index contributed by atoms with van der Waals surface area (Å²) in [7, 11) is 0. The minimum absolute atomic E-state index is 0.282. The van der Waals surface area contributed by atoms with Gasteiger partial charge in [-0.15, -0.1) is 0 Å². The van der Waals surface area contributed by atoms with Crippen LogP contribution in [0.5, 0.6) is 0 Å². The van der Waals surface area contributed by atoms with Crippen LogP contribution in [-0.2, 0) is 0 Å². The van der Waals surface area contributed by atoms with Gasteiger partial charge in [0.15, 0.2) is 0 Å². The Kier molecular flexibility index (Phi) is 2.04. The molecule has 2 N–H and O–H groups in total. The highest BCUT2D eigenvalue weighted by molar-refractivity contribution is 5.61. The number of nitrogens with two attached hydrogens (primary N) is 1. The zero-order chi connectivity index (χ0) is 11.8. The summed E-state index contributed by atoms with van der Waals surface area (Å²) in [5, 5.41) is 0. The second-order valence-corrected chi connectivity index (χ2v) is 3.87. The zero-order valence-electron chi connectivity index (χ0n) is 9.33. The first-order valence-corrected chi connectivity index (χ1v) is 5.26. The number of nitrogens with zero attached hydrogens (tertiary/aromatic N) is 4. The van der Waals surface area contributed by atoms with E-state index >= 15 is 0 Å². The second kappa shape index (κ2) is 3.55. The van der Waals surface area contributed by atoms with Crippen LogP contribution >= 0.6 is 0 Å². The average Bonchev–Trinajstić information content (AvgIpc) is 2.68. The van der Waals surface area contributed by atoms with Gasteiger partial charge in [0, 0.05) is 24.2 Å². The Morgan fingerprint density at radius 3 is 2.82 bits per heavy atom. The van der Waals surface area contributed by atoms with Crippen molar-refractivity contribution >= 4 is 11.6 Å². The third-order valence-electron chi connectivity index (χ3n) is 2.54. The summed E-state index contributed by atoms with van der Waals surface area (Å²) in [6.45, 7) is 1.97. The predicted molar refractivity (Wildman–Crippen MR) is 65.4 cm³/mol. The summed E-state index contributed by atoms with van der Waals surface area (Å²) in [6.07, 6.45) is 5.61. The van der Waals surface area contributed by atoms with Crippen molar-refractivity contribution in [3.05, 3.63) is 42.5 Å². The highest BCUT2D eigenvalue weighted by Crippen LogP contribution is 2.18. The van der Waals surface area contributed by atoms with Crippen LogP contribution in [0.15, 0.2) is 36.8 Å². The molecule has 0 aliphatic carbocycles. The average molecular weight is 225 g/mol. The molecule has 0 aliphatic heterocycles. The Hall–Kier alpha value is -2.43. The van der Waals surface area contributed by atoms with E-state index in [2.05, 4.69) is 15.0 Å². The van der Waals surface area contributed by atoms with E-state index in [0.29, 0.717) is 0 Å². The van der Waals surface area contributed by atoms with E-state index in [1.165, 1.54) is 0 Å². The number of nitrogen functional groups attached to an aromatic ring is 1. The molecule has 84 valence electrons. The summed E-state index contributed by atoms with van der Waals surface area (Å²) in [6, 6.07) is 5.77. The van der Waals surface area contributed by atoms with Crippen molar-refractivity contribution in [1.29, 1.82) is 0 Å². The van der Waals surface area contributed by atoms with Gasteiger partial charge in [-0.05, 0) is 25.1 Å². The van der Waals surface area contributed by atoms with E-state index in [-0.39, 0.29) is 5.95 Å². The van der Waals surface area contributed by atoms with Gasteiger partial charge in [-0.2, -0.15) is 0 Å². The molecular formula is C12H11N5. The molecular weight excluding hydrogens is 214 g/mol. The van der Waals surface area contributed by atoms with E-state index in [4.69, 9.17) is 5.73 Å². The highest BCUT2D eigenvalue weighted by Gasteiger charge is 2.03. The number of hydrogen-bond acceptors (Lipinski definition) is 4.